The van der Waals surface area contributed by atoms with Crippen molar-refractivity contribution < 1.29 is 17.6 Å². The number of furan rings is 1. The molecular weight excluding hydrogens is 448 g/mol. The summed E-state index contributed by atoms with van der Waals surface area (Å²) in [7, 11) is 0.00181. The van der Waals surface area contributed by atoms with Gasteiger partial charge in [-0.25, -0.2) is 8.42 Å². The largest absolute Gasteiger partial charge is 0.439 e. The van der Waals surface area contributed by atoms with Crippen molar-refractivity contribution in [1.29, 1.82) is 0 Å². The zero-order chi connectivity index (χ0) is 23.5. The van der Waals surface area contributed by atoms with Gasteiger partial charge in [0, 0.05) is 11.6 Å². The maximum Gasteiger partial charge on any atom is 0.287 e. The predicted octanol–water partition coefficient (Wildman–Crippen LogP) is 4.92. The van der Waals surface area contributed by atoms with E-state index in [2.05, 4.69) is 43.4 Å². The molecule has 1 aromatic heterocycles. The second-order valence-electron chi connectivity index (χ2n) is 8.09. The highest BCUT2D eigenvalue weighted by atomic mass is 35.5. The van der Waals surface area contributed by atoms with Crippen LogP contribution in [0.2, 0.25) is 5.02 Å². The Hall–Kier alpha value is -2.61. The van der Waals surface area contributed by atoms with Gasteiger partial charge in [0.25, 0.3) is 5.91 Å². The number of hydrogen-bond donors (Lipinski definition) is 1. The number of nitrogens with one attached hydrogen (secondary N) is 1. The fourth-order valence-corrected chi connectivity index (χ4v) is 4.59. The summed E-state index contributed by atoms with van der Waals surface area (Å²) in [6.45, 7) is 4.62. The predicted molar refractivity (Wildman–Crippen MR) is 125 cm³/mol. The monoisotopic (exact) mass is 474 g/mol. The molecule has 0 spiro atoms. The van der Waals surface area contributed by atoms with Crippen molar-refractivity contribution in [1.82, 2.24) is 10.2 Å². The highest BCUT2D eigenvalue weighted by Crippen LogP contribution is 2.25. The Balaban J connectivity index is 1.71. The lowest BCUT2D eigenvalue weighted by Gasteiger charge is -2.25. The molecular formula is C24H27ClN2O4S. The van der Waals surface area contributed by atoms with E-state index >= 15 is 0 Å². The molecule has 1 amide bonds. The minimum absolute atomic E-state index is 0.0423. The van der Waals surface area contributed by atoms with Gasteiger partial charge in [0.2, 0.25) is 14.9 Å². The number of carbonyl (C=O) groups excluding carboxylic acids is 1. The van der Waals surface area contributed by atoms with E-state index in [0.29, 0.717) is 17.5 Å². The molecule has 170 valence electrons. The molecule has 2 aromatic carbocycles. The van der Waals surface area contributed by atoms with E-state index in [4.69, 9.17) is 16.0 Å². The standard InChI is InChI=1S/C24H27ClN2O4S/c1-16(2)17-5-7-18(8-6-17)21(27(3)4)15-26-24(28)22-13-14-23(31-22)32(29,30)20-11-9-19(25)10-12-20/h5-14,16,21H,15H2,1-4H3,(H,26,28). The highest BCUT2D eigenvalue weighted by molar-refractivity contribution is 7.91. The van der Waals surface area contributed by atoms with Gasteiger partial charge in [-0.05, 0) is 67.5 Å². The lowest BCUT2D eigenvalue weighted by molar-refractivity contribution is 0.0909. The number of amides is 1. The maximum absolute atomic E-state index is 12.7. The van der Waals surface area contributed by atoms with Crippen molar-refractivity contribution in [2.24, 2.45) is 0 Å². The van der Waals surface area contributed by atoms with Gasteiger partial charge < -0.3 is 14.6 Å². The Morgan fingerprint density at radius 2 is 1.56 bits per heavy atom. The second-order valence-corrected chi connectivity index (χ2v) is 10.4. The molecule has 0 saturated heterocycles. The minimum atomic E-state index is -3.88. The normalized spacial score (nSPS) is 12.8. The molecule has 0 radical (unpaired) electrons. The van der Waals surface area contributed by atoms with Crippen molar-refractivity contribution >= 4 is 27.3 Å². The van der Waals surface area contributed by atoms with E-state index < -0.39 is 15.7 Å². The van der Waals surface area contributed by atoms with Crippen LogP contribution in [-0.4, -0.2) is 39.9 Å². The Labute approximate surface area is 194 Å². The number of carbonyl (C=O) groups is 1. The first kappa shape index (κ1) is 24.0. The number of benzene rings is 2. The SMILES string of the molecule is CC(C)c1ccc(C(CNC(=O)c2ccc(S(=O)(=O)c3ccc(Cl)cc3)o2)N(C)C)cc1. The average molecular weight is 475 g/mol. The molecule has 0 aliphatic rings. The van der Waals surface area contributed by atoms with Crippen LogP contribution in [0.1, 0.15) is 47.5 Å². The third kappa shape index (κ3) is 5.41. The number of halogens is 1. The quantitative estimate of drug-likeness (QED) is 0.501. The van der Waals surface area contributed by atoms with Crippen molar-refractivity contribution in [2.45, 2.75) is 35.8 Å². The van der Waals surface area contributed by atoms with Gasteiger partial charge in [-0.1, -0.05) is 49.7 Å². The summed E-state index contributed by atoms with van der Waals surface area (Å²) in [5.74, 6) is -0.0998. The van der Waals surface area contributed by atoms with E-state index in [9.17, 15) is 13.2 Å². The summed E-state index contributed by atoms with van der Waals surface area (Å²) in [5.41, 5.74) is 2.32. The second kappa shape index (κ2) is 9.90. The molecule has 0 aliphatic carbocycles. The van der Waals surface area contributed by atoms with E-state index in [1.165, 1.54) is 42.0 Å². The van der Waals surface area contributed by atoms with Crippen LogP contribution >= 0.6 is 11.6 Å². The van der Waals surface area contributed by atoms with Crippen LogP contribution in [0.4, 0.5) is 0 Å². The van der Waals surface area contributed by atoms with Gasteiger partial charge in [0.1, 0.15) is 0 Å². The molecule has 3 aromatic rings. The van der Waals surface area contributed by atoms with Gasteiger partial charge >= 0.3 is 0 Å². The lowest BCUT2D eigenvalue weighted by Crippen LogP contribution is -2.34. The molecule has 32 heavy (non-hydrogen) atoms. The number of hydrogen-bond acceptors (Lipinski definition) is 5. The molecule has 0 fully saturated rings. The smallest absolute Gasteiger partial charge is 0.287 e. The van der Waals surface area contributed by atoms with Crippen molar-refractivity contribution in [3.63, 3.8) is 0 Å². The summed E-state index contributed by atoms with van der Waals surface area (Å²) in [6.07, 6.45) is 0. The third-order valence-corrected chi connectivity index (χ3v) is 7.16. The van der Waals surface area contributed by atoms with Crippen LogP contribution in [0.3, 0.4) is 0 Å². The van der Waals surface area contributed by atoms with Crippen molar-refractivity contribution in [2.75, 3.05) is 20.6 Å². The zero-order valence-electron chi connectivity index (χ0n) is 18.5. The molecule has 0 saturated carbocycles. The van der Waals surface area contributed by atoms with Crippen molar-refractivity contribution in [3.05, 3.63) is 82.6 Å². The van der Waals surface area contributed by atoms with Gasteiger partial charge in [0.15, 0.2) is 5.76 Å². The van der Waals surface area contributed by atoms with Crippen LogP contribution in [-0.2, 0) is 9.84 Å². The fourth-order valence-electron chi connectivity index (χ4n) is 3.29. The maximum atomic E-state index is 12.7. The number of rotatable bonds is 8. The first-order chi connectivity index (χ1) is 15.1. The third-order valence-electron chi connectivity index (χ3n) is 5.26. The minimum Gasteiger partial charge on any atom is -0.439 e. The summed E-state index contributed by atoms with van der Waals surface area (Å²) >= 11 is 5.83. The van der Waals surface area contributed by atoms with Crippen LogP contribution in [0.5, 0.6) is 0 Å². The van der Waals surface area contributed by atoms with Crippen molar-refractivity contribution in [3.8, 4) is 0 Å². The van der Waals surface area contributed by atoms with Crippen LogP contribution in [0.15, 0.2) is 75.1 Å². The Morgan fingerprint density at radius 1 is 0.969 bits per heavy atom. The van der Waals surface area contributed by atoms with E-state index in [-0.39, 0.29) is 21.8 Å². The number of nitrogens with zero attached hydrogens (tertiary/aromatic N) is 1. The zero-order valence-corrected chi connectivity index (χ0v) is 20.1. The molecule has 1 atom stereocenters. The first-order valence-electron chi connectivity index (χ1n) is 10.2. The molecule has 0 aliphatic heterocycles. The summed E-state index contributed by atoms with van der Waals surface area (Å²) in [6, 6.07) is 16.7. The Morgan fingerprint density at radius 3 is 2.12 bits per heavy atom. The Bertz CT molecular complexity index is 1170. The topological polar surface area (TPSA) is 79.6 Å². The van der Waals surface area contributed by atoms with Gasteiger partial charge in [-0.15, -0.1) is 0 Å². The molecule has 1 unspecified atom stereocenters. The summed E-state index contributed by atoms with van der Waals surface area (Å²) in [5, 5.41) is 2.98. The fraction of sp³-hybridized carbons (Fsp3) is 0.292. The van der Waals surface area contributed by atoms with Gasteiger partial charge in [-0.2, -0.15) is 0 Å². The highest BCUT2D eigenvalue weighted by Gasteiger charge is 2.24. The van der Waals surface area contributed by atoms with Crippen LogP contribution in [0.25, 0.3) is 0 Å². The molecule has 0 bridgehead atoms. The van der Waals surface area contributed by atoms with Gasteiger partial charge in [-0.3, -0.25) is 4.79 Å². The lowest BCUT2D eigenvalue weighted by atomic mass is 9.98. The molecule has 1 heterocycles. The Kier molecular flexibility index (Phi) is 7.44. The molecule has 1 N–H and O–H groups in total. The van der Waals surface area contributed by atoms with E-state index in [1.54, 1.807) is 0 Å². The summed E-state index contributed by atoms with van der Waals surface area (Å²) < 4.78 is 30.8. The van der Waals surface area contributed by atoms with E-state index in [1.807, 2.05) is 19.0 Å². The molecule has 8 heteroatoms. The van der Waals surface area contributed by atoms with Gasteiger partial charge in [0.05, 0.1) is 10.9 Å². The van der Waals surface area contributed by atoms with Crippen LogP contribution in [0, 0.1) is 0 Å². The summed E-state index contributed by atoms with van der Waals surface area (Å²) in [4.78, 5) is 14.7. The number of likely N-dealkylation sites (N-methyl/N-ethyl adjacent to an activating group) is 1. The number of sulfone groups is 1. The van der Waals surface area contributed by atoms with Crippen LogP contribution < -0.4 is 5.32 Å². The average Bonchev–Trinajstić information content (AvgIpc) is 3.25. The first-order valence-corrected chi connectivity index (χ1v) is 12.1. The molecule has 3 rings (SSSR count). The molecule has 6 nitrogen and oxygen atoms in total. The van der Waals surface area contributed by atoms with E-state index in [0.717, 1.165) is 5.56 Å².